The van der Waals surface area contributed by atoms with E-state index in [1.165, 1.54) is 16.5 Å². The molecule has 0 aliphatic heterocycles. The Balaban J connectivity index is 2.07. The molecule has 0 N–H and O–H groups in total. The van der Waals surface area contributed by atoms with Gasteiger partial charge in [0.2, 0.25) is 5.88 Å². The summed E-state index contributed by atoms with van der Waals surface area (Å²) in [6.45, 7) is 8.33. The summed E-state index contributed by atoms with van der Waals surface area (Å²) < 4.78 is 6.07. The fourth-order valence-electron chi connectivity index (χ4n) is 2.80. The van der Waals surface area contributed by atoms with Crippen molar-refractivity contribution < 1.29 is 4.74 Å². The molecule has 1 aromatic heterocycles. The van der Waals surface area contributed by atoms with Crippen molar-refractivity contribution >= 4 is 10.9 Å². The van der Waals surface area contributed by atoms with E-state index in [4.69, 9.17) is 4.74 Å². The van der Waals surface area contributed by atoms with E-state index in [0.29, 0.717) is 5.88 Å². The monoisotopic (exact) mass is 277 g/mol. The van der Waals surface area contributed by atoms with Crippen molar-refractivity contribution in [2.75, 3.05) is 0 Å². The molecule has 2 aromatic carbocycles. The molecular weight excluding hydrogens is 258 g/mol. The van der Waals surface area contributed by atoms with Crippen LogP contribution in [0.1, 0.15) is 22.3 Å². The molecule has 0 atom stereocenters. The fourth-order valence-corrected chi connectivity index (χ4v) is 2.80. The molecule has 0 fully saturated rings. The first kappa shape index (κ1) is 13.6. The van der Waals surface area contributed by atoms with Crippen LogP contribution in [-0.4, -0.2) is 4.98 Å². The lowest BCUT2D eigenvalue weighted by Gasteiger charge is -2.13. The topological polar surface area (TPSA) is 22.1 Å². The van der Waals surface area contributed by atoms with Crippen LogP contribution in [-0.2, 0) is 0 Å². The van der Waals surface area contributed by atoms with Crippen LogP contribution >= 0.6 is 0 Å². The zero-order valence-electron chi connectivity index (χ0n) is 12.9. The molecule has 21 heavy (non-hydrogen) atoms. The normalized spacial score (nSPS) is 10.9. The molecule has 0 aliphatic rings. The minimum Gasteiger partial charge on any atom is -0.438 e. The van der Waals surface area contributed by atoms with Crippen LogP contribution in [0.5, 0.6) is 11.6 Å². The van der Waals surface area contributed by atoms with Crippen LogP contribution in [0.3, 0.4) is 0 Å². The largest absolute Gasteiger partial charge is 0.438 e. The summed E-state index contributed by atoms with van der Waals surface area (Å²) in [5.74, 6) is 1.56. The predicted octanol–water partition coefficient (Wildman–Crippen LogP) is 5.26. The van der Waals surface area contributed by atoms with E-state index in [1.54, 1.807) is 0 Å². The molecule has 0 aliphatic carbocycles. The molecule has 0 amide bonds. The van der Waals surface area contributed by atoms with Gasteiger partial charge in [-0.1, -0.05) is 35.9 Å². The lowest BCUT2D eigenvalue weighted by molar-refractivity contribution is 0.457. The number of rotatable bonds is 2. The van der Waals surface area contributed by atoms with E-state index in [0.717, 1.165) is 22.4 Å². The summed E-state index contributed by atoms with van der Waals surface area (Å²) in [4.78, 5) is 4.61. The highest BCUT2D eigenvalue weighted by Gasteiger charge is 2.09. The third-order valence-electron chi connectivity index (χ3n) is 3.71. The SMILES string of the molecule is Cc1cc(C)c(Oc2cc(C)c3ccccc3n2)c(C)c1. The highest BCUT2D eigenvalue weighted by atomic mass is 16.5. The maximum Gasteiger partial charge on any atom is 0.220 e. The number of pyridine rings is 1. The molecule has 3 aromatic rings. The lowest BCUT2D eigenvalue weighted by atomic mass is 10.1. The summed E-state index contributed by atoms with van der Waals surface area (Å²) in [5.41, 5.74) is 5.67. The number of benzene rings is 2. The van der Waals surface area contributed by atoms with Crippen LogP contribution < -0.4 is 4.74 Å². The first-order valence-electron chi connectivity index (χ1n) is 7.16. The third-order valence-corrected chi connectivity index (χ3v) is 3.71. The number of para-hydroxylation sites is 1. The Labute approximate surface area is 125 Å². The van der Waals surface area contributed by atoms with Crippen molar-refractivity contribution in [3.8, 4) is 11.6 Å². The molecule has 1 heterocycles. The molecular formula is C19H19NO. The highest BCUT2D eigenvalue weighted by molar-refractivity contribution is 5.82. The number of nitrogens with zero attached hydrogens (tertiary/aromatic N) is 1. The van der Waals surface area contributed by atoms with Crippen LogP contribution in [0.2, 0.25) is 0 Å². The number of aromatic nitrogens is 1. The van der Waals surface area contributed by atoms with E-state index < -0.39 is 0 Å². The molecule has 0 saturated carbocycles. The van der Waals surface area contributed by atoms with Crippen molar-refractivity contribution in [2.45, 2.75) is 27.7 Å². The number of fused-ring (bicyclic) bond motifs is 1. The smallest absolute Gasteiger partial charge is 0.220 e. The highest BCUT2D eigenvalue weighted by Crippen LogP contribution is 2.30. The third kappa shape index (κ3) is 2.62. The van der Waals surface area contributed by atoms with Crippen LogP contribution in [0.25, 0.3) is 10.9 Å². The van der Waals surface area contributed by atoms with E-state index in [1.807, 2.05) is 24.3 Å². The van der Waals surface area contributed by atoms with E-state index >= 15 is 0 Å². The average Bonchev–Trinajstić information content (AvgIpc) is 2.43. The van der Waals surface area contributed by atoms with Gasteiger partial charge in [-0.3, -0.25) is 0 Å². The fraction of sp³-hybridized carbons (Fsp3) is 0.211. The zero-order valence-corrected chi connectivity index (χ0v) is 12.9. The Kier molecular flexibility index (Phi) is 3.38. The standard InChI is InChI=1S/C19H19NO/c1-12-9-14(3)19(15(4)10-12)21-18-11-13(2)16-7-5-6-8-17(16)20-18/h5-11H,1-4H3. The van der Waals surface area contributed by atoms with Crippen LogP contribution in [0.4, 0.5) is 0 Å². The minimum atomic E-state index is 0.654. The Hall–Kier alpha value is -2.35. The number of hydrogen-bond donors (Lipinski definition) is 0. The Morgan fingerprint density at radius 2 is 1.48 bits per heavy atom. The second-order valence-electron chi connectivity index (χ2n) is 5.62. The van der Waals surface area contributed by atoms with Gasteiger partial charge in [0.05, 0.1) is 5.52 Å². The van der Waals surface area contributed by atoms with Crippen molar-refractivity contribution in [3.63, 3.8) is 0 Å². The lowest BCUT2D eigenvalue weighted by Crippen LogP contribution is -1.95. The van der Waals surface area contributed by atoms with Crippen molar-refractivity contribution in [1.82, 2.24) is 4.98 Å². The van der Waals surface area contributed by atoms with Gasteiger partial charge in [-0.2, -0.15) is 0 Å². The Morgan fingerprint density at radius 1 is 0.810 bits per heavy atom. The van der Waals surface area contributed by atoms with Gasteiger partial charge in [0.15, 0.2) is 0 Å². The van der Waals surface area contributed by atoms with Gasteiger partial charge in [-0.05, 0) is 50.5 Å². The molecule has 0 radical (unpaired) electrons. The van der Waals surface area contributed by atoms with Gasteiger partial charge < -0.3 is 4.74 Å². The van der Waals surface area contributed by atoms with Gasteiger partial charge in [-0.15, -0.1) is 0 Å². The Bertz CT molecular complexity index is 798. The van der Waals surface area contributed by atoms with Gasteiger partial charge in [-0.25, -0.2) is 4.98 Å². The van der Waals surface area contributed by atoms with Crippen molar-refractivity contribution in [3.05, 3.63) is 64.7 Å². The predicted molar refractivity (Wildman–Crippen MR) is 87.2 cm³/mol. The number of aryl methyl sites for hydroxylation is 4. The van der Waals surface area contributed by atoms with Gasteiger partial charge in [0.1, 0.15) is 5.75 Å². The second kappa shape index (κ2) is 5.21. The maximum absolute atomic E-state index is 6.07. The molecule has 3 rings (SSSR count). The maximum atomic E-state index is 6.07. The minimum absolute atomic E-state index is 0.654. The molecule has 2 nitrogen and oxygen atoms in total. The summed E-state index contributed by atoms with van der Waals surface area (Å²) in [7, 11) is 0. The zero-order chi connectivity index (χ0) is 15.0. The number of hydrogen-bond acceptors (Lipinski definition) is 2. The quantitative estimate of drug-likeness (QED) is 0.637. The molecule has 2 heteroatoms. The van der Waals surface area contributed by atoms with Gasteiger partial charge in [0, 0.05) is 11.5 Å². The summed E-state index contributed by atoms with van der Waals surface area (Å²) in [5, 5.41) is 1.17. The molecule has 0 unspecified atom stereocenters. The van der Waals surface area contributed by atoms with E-state index in [2.05, 4.69) is 50.9 Å². The summed E-state index contributed by atoms with van der Waals surface area (Å²) >= 11 is 0. The molecule has 0 bridgehead atoms. The first-order chi connectivity index (χ1) is 10.0. The van der Waals surface area contributed by atoms with E-state index in [9.17, 15) is 0 Å². The molecule has 106 valence electrons. The number of ether oxygens (including phenoxy) is 1. The van der Waals surface area contributed by atoms with E-state index in [-0.39, 0.29) is 0 Å². The van der Waals surface area contributed by atoms with Gasteiger partial charge in [0.25, 0.3) is 0 Å². The van der Waals surface area contributed by atoms with Crippen LogP contribution in [0, 0.1) is 27.7 Å². The first-order valence-corrected chi connectivity index (χ1v) is 7.16. The van der Waals surface area contributed by atoms with Crippen molar-refractivity contribution in [1.29, 1.82) is 0 Å². The molecule has 0 saturated heterocycles. The second-order valence-corrected chi connectivity index (χ2v) is 5.62. The van der Waals surface area contributed by atoms with Crippen LogP contribution in [0.15, 0.2) is 42.5 Å². The molecule has 0 spiro atoms. The average molecular weight is 277 g/mol. The van der Waals surface area contributed by atoms with Gasteiger partial charge >= 0.3 is 0 Å². The van der Waals surface area contributed by atoms with Crippen molar-refractivity contribution in [2.24, 2.45) is 0 Å². The Morgan fingerprint density at radius 3 is 2.19 bits per heavy atom. The summed E-state index contributed by atoms with van der Waals surface area (Å²) in [6.07, 6.45) is 0. The summed E-state index contributed by atoms with van der Waals surface area (Å²) in [6, 6.07) is 14.4.